The van der Waals surface area contributed by atoms with Crippen molar-refractivity contribution in [3.05, 3.63) is 30.0 Å². The molecule has 0 radical (unpaired) electrons. The molecule has 0 aliphatic carbocycles. The molecule has 4 nitrogen and oxygen atoms in total. The first-order chi connectivity index (χ1) is 7.77. The maximum absolute atomic E-state index is 10.2. The molecule has 0 aliphatic heterocycles. The number of nitrogens with zero attached hydrogens (tertiary/aromatic N) is 2. The summed E-state index contributed by atoms with van der Waals surface area (Å²) in [5, 5.41) is 1.06. The van der Waals surface area contributed by atoms with Gasteiger partial charge in [0.2, 0.25) is 6.08 Å². The van der Waals surface area contributed by atoms with Crippen molar-refractivity contribution in [3.63, 3.8) is 0 Å². The minimum absolute atomic E-state index is 0.300. The van der Waals surface area contributed by atoms with Crippen molar-refractivity contribution in [2.24, 2.45) is 12.0 Å². The van der Waals surface area contributed by atoms with Gasteiger partial charge in [0.15, 0.2) is 0 Å². The van der Waals surface area contributed by atoms with Gasteiger partial charge in [-0.25, -0.2) is 9.79 Å². The van der Waals surface area contributed by atoms with Crippen LogP contribution in [0.3, 0.4) is 0 Å². The molecule has 0 saturated heterocycles. The highest BCUT2D eigenvalue weighted by atomic mass is 16.5. The van der Waals surface area contributed by atoms with E-state index < -0.39 is 0 Å². The van der Waals surface area contributed by atoms with Gasteiger partial charge in [0.25, 0.3) is 0 Å². The van der Waals surface area contributed by atoms with Crippen molar-refractivity contribution in [2.75, 3.05) is 7.11 Å². The molecule has 0 N–H and O–H groups in total. The van der Waals surface area contributed by atoms with E-state index in [1.165, 1.54) is 0 Å². The van der Waals surface area contributed by atoms with Gasteiger partial charge in [-0.3, -0.25) is 0 Å². The third-order valence-corrected chi connectivity index (χ3v) is 2.66. The first-order valence-corrected chi connectivity index (χ1v) is 4.92. The van der Waals surface area contributed by atoms with Crippen LogP contribution in [0.2, 0.25) is 0 Å². The first kappa shape index (κ1) is 10.5. The highest BCUT2D eigenvalue weighted by Crippen LogP contribution is 2.28. The Morgan fingerprint density at radius 2 is 2.25 bits per heavy atom. The molecule has 82 valence electrons. The molecule has 2 aromatic rings. The lowest BCUT2D eigenvalue weighted by molar-refractivity contribution is 0.410. The van der Waals surface area contributed by atoms with E-state index in [0.717, 1.165) is 22.2 Å². The van der Waals surface area contributed by atoms with Gasteiger partial charge in [0, 0.05) is 29.7 Å². The number of fused-ring (bicyclic) bond motifs is 1. The average Bonchev–Trinajstić information content (AvgIpc) is 2.68. The summed E-state index contributed by atoms with van der Waals surface area (Å²) in [5.41, 5.74) is 2.01. The predicted octanol–water partition coefficient (Wildman–Crippen LogP) is 2.02. The number of methoxy groups -OCH3 is 1. The maximum atomic E-state index is 10.2. The van der Waals surface area contributed by atoms with Crippen LogP contribution in [-0.4, -0.2) is 17.8 Å². The Kier molecular flexibility index (Phi) is 2.75. The fourth-order valence-corrected chi connectivity index (χ4v) is 1.86. The smallest absolute Gasteiger partial charge is 0.235 e. The summed E-state index contributed by atoms with van der Waals surface area (Å²) in [4.78, 5) is 13.8. The van der Waals surface area contributed by atoms with Crippen LogP contribution >= 0.6 is 0 Å². The Labute approximate surface area is 93.2 Å². The molecule has 4 heteroatoms. The zero-order chi connectivity index (χ0) is 11.5. The molecule has 0 aliphatic rings. The van der Waals surface area contributed by atoms with Gasteiger partial charge in [-0.05, 0) is 18.2 Å². The van der Waals surface area contributed by atoms with Gasteiger partial charge in [-0.2, -0.15) is 0 Å². The molecule has 0 amide bonds. The minimum Gasteiger partial charge on any atom is -0.496 e. The number of aromatic nitrogens is 1. The number of hydrogen-bond donors (Lipinski definition) is 0. The second-order valence-corrected chi connectivity index (χ2v) is 3.51. The van der Waals surface area contributed by atoms with Crippen molar-refractivity contribution in [2.45, 2.75) is 6.54 Å². The fraction of sp³-hybridized carbons (Fsp3) is 0.250. The Hall–Kier alpha value is -2.06. The van der Waals surface area contributed by atoms with Crippen molar-refractivity contribution in [3.8, 4) is 5.75 Å². The topological polar surface area (TPSA) is 43.6 Å². The van der Waals surface area contributed by atoms with Crippen LogP contribution in [-0.2, 0) is 18.4 Å². The Bertz CT molecular complexity index is 566. The van der Waals surface area contributed by atoms with Crippen molar-refractivity contribution in [1.29, 1.82) is 0 Å². The molecule has 1 aromatic heterocycles. The quantitative estimate of drug-likeness (QED) is 0.582. The summed E-state index contributed by atoms with van der Waals surface area (Å²) < 4.78 is 7.28. The molecule has 16 heavy (non-hydrogen) atoms. The number of carbonyl (C=O) groups excluding carboxylic acids is 1. The zero-order valence-electron chi connectivity index (χ0n) is 9.23. The molecule has 0 unspecified atom stereocenters. The van der Waals surface area contributed by atoms with Gasteiger partial charge in [-0.15, -0.1) is 0 Å². The Morgan fingerprint density at radius 1 is 1.44 bits per heavy atom. The molecule has 0 atom stereocenters. The lowest BCUT2D eigenvalue weighted by Crippen LogP contribution is -1.93. The van der Waals surface area contributed by atoms with E-state index >= 15 is 0 Å². The van der Waals surface area contributed by atoms with Crippen LogP contribution in [0, 0.1) is 0 Å². The molecule has 0 saturated carbocycles. The first-order valence-electron chi connectivity index (χ1n) is 4.92. The second-order valence-electron chi connectivity index (χ2n) is 3.51. The summed E-state index contributed by atoms with van der Waals surface area (Å²) in [5.74, 6) is 0.748. The van der Waals surface area contributed by atoms with Gasteiger partial charge in [0.05, 0.1) is 13.7 Å². The van der Waals surface area contributed by atoms with E-state index in [-0.39, 0.29) is 0 Å². The molecule has 0 bridgehead atoms. The third kappa shape index (κ3) is 1.59. The standard InChI is InChI=1S/C12H12N2O2/c1-14-6-5-9-10(7-13-8-15)12(16-2)4-3-11(9)14/h3-6H,7H2,1-2H3. The van der Waals surface area contributed by atoms with E-state index in [1.807, 2.05) is 36.0 Å². The Morgan fingerprint density at radius 3 is 2.94 bits per heavy atom. The summed E-state index contributed by atoms with van der Waals surface area (Å²) >= 11 is 0. The lowest BCUT2D eigenvalue weighted by atomic mass is 10.1. The molecule has 0 fully saturated rings. The molecule has 0 spiro atoms. The summed E-state index contributed by atoms with van der Waals surface area (Å²) in [6.45, 7) is 0.300. The number of rotatable bonds is 3. The van der Waals surface area contributed by atoms with E-state index in [0.29, 0.717) is 6.54 Å². The van der Waals surface area contributed by atoms with E-state index in [4.69, 9.17) is 4.74 Å². The molecular weight excluding hydrogens is 204 g/mol. The summed E-state index contributed by atoms with van der Waals surface area (Å²) in [6, 6.07) is 5.87. The maximum Gasteiger partial charge on any atom is 0.235 e. The normalized spacial score (nSPS) is 10.1. The highest BCUT2D eigenvalue weighted by molar-refractivity contribution is 5.86. The summed E-state index contributed by atoms with van der Waals surface area (Å²) in [7, 11) is 3.58. The largest absolute Gasteiger partial charge is 0.496 e. The predicted molar refractivity (Wildman–Crippen MR) is 61.3 cm³/mol. The van der Waals surface area contributed by atoms with Crippen molar-refractivity contribution in [1.82, 2.24) is 4.57 Å². The van der Waals surface area contributed by atoms with Gasteiger partial charge in [-0.1, -0.05) is 0 Å². The van der Waals surface area contributed by atoms with Crippen LogP contribution in [0.15, 0.2) is 29.4 Å². The second kappa shape index (κ2) is 4.21. The van der Waals surface area contributed by atoms with Crippen molar-refractivity contribution < 1.29 is 9.53 Å². The van der Waals surface area contributed by atoms with Crippen LogP contribution in [0.5, 0.6) is 5.75 Å². The fourth-order valence-electron chi connectivity index (χ4n) is 1.86. The monoisotopic (exact) mass is 216 g/mol. The van der Waals surface area contributed by atoms with Crippen LogP contribution in [0.1, 0.15) is 5.56 Å². The van der Waals surface area contributed by atoms with E-state index in [9.17, 15) is 4.79 Å². The molecule has 1 aromatic carbocycles. The number of aliphatic imine (C=N–C) groups is 1. The number of benzene rings is 1. The number of ether oxygens (including phenoxy) is 1. The zero-order valence-corrected chi connectivity index (χ0v) is 9.23. The Balaban J connectivity index is 2.67. The summed E-state index contributed by atoms with van der Waals surface area (Å²) in [6.07, 6.45) is 3.52. The average molecular weight is 216 g/mol. The van der Waals surface area contributed by atoms with Gasteiger partial charge >= 0.3 is 0 Å². The number of aryl methyl sites for hydroxylation is 1. The van der Waals surface area contributed by atoms with E-state index in [2.05, 4.69) is 4.99 Å². The van der Waals surface area contributed by atoms with Gasteiger partial charge in [0.1, 0.15) is 5.75 Å². The lowest BCUT2D eigenvalue weighted by Gasteiger charge is -2.07. The van der Waals surface area contributed by atoms with Crippen LogP contribution in [0.25, 0.3) is 10.9 Å². The van der Waals surface area contributed by atoms with Crippen LogP contribution in [0.4, 0.5) is 0 Å². The van der Waals surface area contributed by atoms with Crippen LogP contribution < -0.4 is 4.74 Å². The third-order valence-electron chi connectivity index (χ3n) is 2.66. The highest BCUT2D eigenvalue weighted by Gasteiger charge is 2.09. The SMILES string of the molecule is COc1ccc2c(ccn2C)c1CN=C=O. The molecule has 2 rings (SSSR count). The van der Waals surface area contributed by atoms with E-state index in [1.54, 1.807) is 13.2 Å². The minimum atomic E-state index is 0.300. The van der Waals surface area contributed by atoms with Gasteiger partial charge < -0.3 is 9.30 Å². The van der Waals surface area contributed by atoms with Crippen molar-refractivity contribution >= 4 is 17.0 Å². The number of hydrogen-bond acceptors (Lipinski definition) is 3. The number of isocyanates is 1. The molecular formula is C12H12N2O2. The molecule has 1 heterocycles.